The Labute approximate surface area is 203 Å². The van der Waals surface area contributed by atoms with Gasteiger partial charge in [-0.2, -0.15) is 0 Å². The number of benzene rings is 3. The number of aryl methyl sites for hydroxylation is 2. The molecule has 0 radical (unpaired) electrons. The Morgan fingerprint density at radius 3 is 2.03 bits per heavy atom. The zero-order valence-electron chi connectivity index (χ0n) is 19.0. The molecule has 1 heterocycles. The van der Waals surface area contributed by atoms with E-state index in [-0.39, 0.29) is 16.2 Å². The molecule has 0 saturated carbocycles. The predicted molar refractivity (Wildman–Crippen MR) is 134 cm³/mol. The number of hydrogen-bond donors (Lipinski definition) is 3. The maximum absolute atomic E-state index is 12.7. The fraction of sp³-hybridized carbons (Fsp3) is 0.0769. The van der Waals surface area contributed by atoms with E-state index in [0.29, 0.717) is 17.1 Å². The predicted octanol–water partition coefficient (Wildman–Crippen LogP) is 5.20. The number of rotatable bonds is 7. The van der Waals surface area contributed by atoms with Crippen LogP contribution in [-0.4, -0.2) is 20.2 Å². The Hall–Kier alpha value is -4.37. The minimum Gasteiger partial charge on any atom is -0.459 e. The molecule has 1 aromatic heterocycles. The molecular formula is C26H23N3O5S. The van der Waals surface area contributed by atoms with E-state index in [2.05, 4.69) is 15.4 Å². The van der Waals surface area contributed by atoms with Crippen LogP contribution < -0.4 is 15.4 Å². The maximum atomic E-state index is 12.7. The van der Waals surface area contributed by atoms with Crippen molar-refractivity contribution in [1.82, 2.24) is 0 Å². The number of carbonyl (C=O) groups excluding carboxylic acids is 2. The van der Waals surface area contributed by atoms with Crippen molar-refractivity contribution in [3.63, 3.8) is 0 Å². The first-order valence-electron chi connectivity index (χ1n) is 10.7. The van der Waals surface area contributed by atoms with Crippen LogP contribution in [-0.2, 0) is 10.0 Å². The van der Waals surface area contributed by atoms with E-state index in [0.717, 1.165) is 11.1 Å². The van der Waals surface area contributed by atoms with Gasteiger partial charge >= 0.3 is 0 Å². The lowest BCUT2D eigenvalue weighted by Gasteiger charge is -2.11. The fourth-order valence-electron chi connectivity index (χ4n) is 3.28. The third kappa shape index (κ3) is 5.77. The van der Waals surface area contributed by atoms with Gasteiger partial charge in [0.15, 0.2) is 5.76 Å². The third-order valence-corrected chi connectivity index (χ3v) is 6.71. The van der Waals surface area contributed by atoms with Crippen LogP contribution in [0.4, 0.5) is 17.1 Å². The van der Waals surface area contributed by atoms with Gasteiger partial charge in [-0.25, -0.2) is 8.42 Å². The molecule has 0 aliphatic heterocycles. The van der Waals surface area contributed by atoms with Gasteiger partial charge in [0, 0.05) is 22.6 Å². The minimum absolute atomic E-state index is 0.0370. The number of nitrogens with one attached hydrogen (secondary N) is 3. The molecule has 0 unspecified atom stereocenters. The van der Waals surface area contributed by atoms with Crippen molar-refractivity contribution in [2.24, 2.45) is 0 Å². The topological polar surface area (TPSA) is 118 Å². The standard InChI is InChI=1S/C26H23N3O5S/c1-17-8-11-22(15-18(17)2)29-35(32,33)23-12-9-19(10-13-23)25(30)27-20-5-3-6-21(16-20)28-26(31)24-7-4-14-34-24/h3-16,29H,1-2H3,(H,27,30)(H,28,31). The van der Waals surface area contributed by atoms with Gasteiger partial charge in [0.05, 0.1) is 11.2 Å². The highest BCUT2D eigenvalue weighted by Gasteiger charge is 2.16. The molecule has 4 aromatic rings. The summed E-state index contributed by atoms with van der Waals surface area (Å²) in [7, 11) is -3.81. The molecule has 3 aromatic carbocycles. The van der Waals surface area contributed by atoms with Gasteiger partial charge in [0.2, 0.25) is 0 Å². The molecule has 3 N–H and O–H groups in total. The van der Waals surface area contributed by atoms with Crippen LogP contribution >= 0.6 is 0 Å². The monoisotopic (exact) mass is 489 g/mol. The van der Waals surface area contributed by atoms with E-state index < -0.39 is 21.8 Å². The highest BCUT2D eigenvalue weighted by atomic mass is 32.2. The summed E-state index contributed by atoms with van der Waals surface area (Å²) < 4.78 is 33.1. The lowest BCUT2D eigenvalue weighted by Crippen LogP contribution is -2.15. The molecule has 0 spiro atoms. The normalized spacial score (nSPS) is 11.0. The number of anilines is 3. The summed E-state index contributed by atoms with van der Waals surface area (Å²) in [4.78, 5) is 24.9. The molecule has 2 amide bonds. The summed E-state index contributed by atoms with van der Waals surface area (Å²) in [5.74, 6) is -0.670. The highest BCUT2D eigenvalue weighted by Crippen LogP contribution is 2.21. The van der Waals surface area contributed by atoms with E-state index >= 15 is 0 Å². The van der Waals surface area contributed by atoms with Crippen LogP contribution in [0.1, 0.15) is 32.0 Å². The average Bonchev–Trinajstić information content (AvgIpc) is 3.37. The molecule has 8 nitrogen and oxygen atoms in total. The quantitative estimate of drug-likeness (QED) is 0.330. The van der Waals surface area contributed by atoms with Crippen LogP contribution in [0.25, 0.3) is 0 Å². The Balaban J connectivity index is 1.42. The van der Waals surface area contributed by atoms with Crippen molar-refractivity contribution in [3.05, 3.63) is 108 Å². The van der Waals surface area contributed by atoms with Crippen LogP contribution in [0.5, 0.6) is 0 Å². The van der Waals surface area contributed by atoms with Crippen LogP contribution in [0.2, 0.25) is 0 Å². The van der Waals surface area contributed by atoms with Crippen molar-refractivity contribution in [3.8, 4) is 0 Å². The fourth-order valence-corrected chi connectivity index (χ4v) is 4.33. The van der Waals surface area contributed by atoms with Gasteiger partial charge in [-0.1, -0.05) is 12.1 Å². The molecule has 0 aliphatic carbocycles. The molecule has 0 saturated heterocycles. The summed E-state index contributed by atoms with van der Waals surface area (Å²) in [5.41, 5.74) is 3.72. The van der Waals surface area contributed by atoms with Gasteiger partial charge < -0.3 is 15.1 Å². The lowest BCUT2D eigenvalue weighted by atomic mass is 10.1. The van der Waals surface area contributed by atoms with Crippen molar-refractivity contribution >= 4 is 38.9 Å². The number of furan rings is 1. The first-order valence-corrected chi connectivity index (χ1v) is 12.2. The molecular weight excluding hydrogens is 466 g/mol. The number of carbonyl (C=O) groups is 2. The van der Waals surface area contributed by atoms with Gasteiger partial charge in [-0.05, 0) is 91.7 Å². The summed E-state index contributed by atoms with van der Waals surface area (Å²) in [6.07, 6.45) is 1.40. The van der Waals surface area contributed by atoms with Gasteiger partial charge in [0.25, 0.3) is 21.8 Å². The van der Waals surface area contributed by atoms with Crippen molar-refractivity contribution < 1.29 is 22.4 Å². The summed E-state index contributed by atoms with van der Waals surface area (Å²) in [5, 5.41) is 5.43. The van der Waals surface area contributed by atoms with E-state index in [9.17, 15) is 18.0 Å². The van der Waals surface area contributed by atoms with E-state index in [1.54, 1.807) is 48.5 Å². The second kappa shape index (κ2) is 9.86. The van der Waals surface area contributed by atoms with Gasteiger partial charge in [0.1, 0.15) is 0 Å². The average molecular weight is 490 g/mol. The lowest BCUT2D eigenvalue weighted by molar-refractivity contribution is 0.0995. The van der Waals surface area contributed by atoms with Crippen LogP contribution in [0, 0.1) is 13.8 Å². The zero-order valence-corrected chi connectivity index (χ0v) is 19.8. The molecule has 0 bridgehead atoms. The second-order valence-electron chi connectivity index (χ2n) is 7.90. The van der Waals surface area contributed by atoms with Gasteiger partial charge in [-0.15, -0.1) is 0 Å². The molecule has 0 atom stereocenters. The Morgan fingerprint density at radius 2 is 1.40 bits per heavy atom. The van der Waals surface area contributed by atoms with Crippen LogP contribution in [0.3, 0.4) is 0 Å². The van der Waals surface area contributed by atoms with Crippen LogP contribution in [0.15, 0.2) is 94.4 Å². The van der Waals surface area contributed by atoms with E-state index in [1.807, 2.05) is 19.9 Å². The minimum atomic E-state index is -3.81. The van der Waals surface area contributed by atoms with E-state index in [1.165, 1.54) is 30.5 Å². The summed E-state index contributed by atoms with van der Waals surface area (Å²) >= 11 is 0. The molecule has 35 heavy (non-hydrogen) atoms. The smallest absolute Gasteiger partial charge is 0.291 e. The number of sulfonamides is 1. The molecule has 178 valence electrons. The number of amides is 2. The first-order chi connectivity index (χ1) is 16.7. The largest absolute Gasteiger partial charge is 0.459 e. The highest BCUT2D eigenvalue weighted by molar-refractivity contribution is 7.92. The number of hydrogen-bond acceptors (Lipinski definition) is 5. The molecule has 9 heteroatoms. The Kier molecular flexibility index (Phi) is 6.70. The maximum Gasteiger partial charge on any atom is 0.291 e. The van der Waals surface area contributed by atoms with Crippen molar-refractivity contribution in [2.45, 2.75) is 18.7 Å². The summed E-state index contributed by atoms with van der Waals surface area (Å²) in [6, 6.07) is 20.7. The van der Waals surface area contributed by atoms with E-state index in [4.69, 9.17) is 4.42 Å². The first kappa shape index (κ1) is 23.8. The Bertz CT molecular complexity index is 1480. The SMILES string of the molecule is Cc1ccc(NS(=O)(=O)c2ccc(C(=O)Nc3cccc(NC(=O)c4ccco4)c3)cc2)cc1C. The molecule has 0 aliphatic rings. The van der Waals surface area contributed by atoms with Gasteiger partial charge in [-0.3, -0.25) is 14.3 Å². The zero-order chi connectivity index (χ0) is 25.0. The van der Waals surface area contributed by atoms with Crippen molar-refractivity contribution in [2.75, 3.05) is 15.4 Å². The van der Waals surface area contributed by atoms with Crippen molar-refractivity contribution in [1.29, 1.82) is 0 Å². The molecule has 0 fully saturated rings. The molecule has 4 rings (SSSR count). The second-order valence-corrected chi connectivity index (χ2v) is 9.58. The third-order valence-electron chi connectivity index (χ3n) is 5.31. The Morgan fingerprint density at radius 1 is 0.714 bits per heavy atom. The summed E-state index contributed by atoms with van der Waals surface area (Å²) in [6.45, 7) is 3.86.